The maximum atomic E-state index is 12.8. The molecule has 0 spiro atoms. The number of amides is 2. The van der Waals surface area contributed by atoms with E-state index >= 15 is 0 Å². The SMILES string of the molecule is CN(CC(=O)Nc1ccc(Cl)c(C(F)(F)F)c1)C(=O)c1cccnc1Cl. The molecule has 0 unspecified atom stereocenters. The van der Waals surface area contributed by atoms with Gasteiger partial charge in [0.1, 0.15) is 5.15 Å². The number of nitrogens with zero attached hydrogens (tertiary/aromatic N) is 2. The summed E-state index contributed by atoms with van der Waals surface area (Å²) in [6, 6.07) is 5.94. The standard InChI is InChI=1S/C16H12Cl2F3N3O2/c1-24(15(26)10-3-2-6-22-14(10)18)8-13(25)23-9-4-5-12(17)11(7-9)16(19,20)21/h2-7H,8H2,1H3,(H,23,25). The van der Waals surface area contributed by atoms with Crippen LogP contribution >= 0.6 is 23.2 Å². The number of likely N-dealkylation sites (N-methyl/N-ethyl adjacent to an activating group) is 1. The number of halogens is 5. The minimum absolute atomic E-state index is 0.0164. The van der Waals surface area contributed by atoms with Crippen molar-refractivity contribution in [2.75, 3.05) is 18.9 Å². The van der Waals surface area contributed by atoms with Crippen molar-refractivity contribution in [2.24, 2.45) is 0 Å². The zero-order chi connectivity index (χ0) is 19.5. The molecule has 0 fully saturated rings. The molecule has 0 bridgehead atoms. The van der Waals surface area contributed by atoms with E-state index < -0.39 is 35.1 Å². The minimum atomic E-state index is -4.65. The van der Waals surface area contributed by atoms with Crippen LogP contribution in [0.25, 0.3) is 0 Å². The first-order valence-electron chi connectivity index (χ1n) is 7.12. The van der Waals surface area contributed by atoms with Gasteiger partial charge in [-0.15, -0.1) is 0 Å². The summed E-state index contributed by atoms with van der Waals surface area (Å²) in [7, 11) is 1.36. The number of alkyl halides is 3. The molecule has 0 aliphatic heterocycles. The summed E-state index contributed by atoms with van der Waals surface area (Å²) >= 11 is 11.3. The summed E-state index contributed by atoms with van der Waals surface area (Å²) in [5, 5.41) is 1.80. The lowest BCUT2D eigenvalue weighted by Gasteiger charge is -2.17. The lowest BCUT2D eigenvalue weighted by molar-refractivity contribution is -0.137. The van der Waals surface area contributed by atoms with Gasteiger partial charge in [-0.1, -0.05) is 23.2 Å². The number of rotatable bonds is 4. The molecule has 0 aliphatic rings. The van der Waals surface area contributed by atoms with Gasteiger partial charge in [-0.3, -0.25) is 9.59 Å². The largest absolute Gasteiger partial charge is 0.417 e. The Labute approximate surface area is 156 Å². The lowest BCUT2D eigenvalue weighted by Crippen LogP contribution is -2.35. The van der Waals surface area contributed by atoms with Crippen LogP contribution < -0.4 is 5.32 Å². The molecule has 26 heavy (non-hydrogen) atoms. The Balaban J connectivity index is 2.07. The number of carbonyl (C=O) groups excluding carboxylic acids is 2. The third kappa shape index (κ3) is 4.86. The van der Waals surface area contributed by atoms with Crippen LogP contribution in [0.2, 0.25) is 10.2 Å². The monoisotopic (exact) mass is 405 g/mol. The lowest BCUT2D eigenvalue weighted by atomic mass is 10.2. The summed E-state index contributed by atoms with van der Waals surface area (Å²) in [5.74, 6) is -1.23. The normalized spacial score (nSPS) is 11.2. The zero-order valence-electron chi connectivity index (χ0n) is 13.3. The average Bonchev–Trinajstić information content (AvgIpc) is 2.55. The molecule has 2 rings (SSSR count). The van der Waals surface area contributed by atoms with Crippen molar-refractivity contribution in [1.29, 1.82) is 0 Å². The molecule has 1 aromatic heterocycles. The summed E-state index contributed by atoms with van der Waals surface area (Å²) in [4.78, 5) is 29.1. The summed E-state index contributed by atoms with van der Waals surface area (Å²) in [6.07, 6.45) is -3.24. The van der Waals surface area contributed by atoms with E-state index in [0.29, 0.717) is 0 Å². The number of hydrogen-bond acceptors (Lipinski definition) is 3. The number of anilines is 1. The third-order valence-corrected chi connectivity index (χ3v) is 3.90. The van der Waals surface area contributed by atoms with Crippen LogP contribution in [-0.4, -0.2) is 35.3 Å². The topological polar surface area (TPSA) is 62.3 Å². The highest BCUT2D eigenvalue weighted by molar-refractivity contribution is 6.32. The van der Waals surface area contributed by atoms with Gasteiger partial charge in [0, 0.05) is 18.9 Å². The van der Waals surface area contributed by atoms with Crippen LogP contribution in [0.15, 0.2) is 36.5 Å². The van der Waals surface area contributed by atoms with Crippen molar-refractivity contribution in [1.82, 2.24) is 9.88 Å². The number of carbonyl (C=O) groups is 2. The van der Waals surface area contributed by atoms with Gasteiger partial charge in [-0.25, -0.2) is 4.98 Å². The molecule has 5 nitrogen and oxygen atoms in total. The Morgan fingerprint density at radius 1 is 1.23 bits per heavy atom. The fraction of sp³-hybridized carbons (Fsp3) is 0.188. The van der Waals surface area contributed by atoms with Crippen molar-refractivity contribution < 1.29 is 22.8 Å². The first-order chi connectivity index (χ1) is 12.1. The van der Waals surface area contributed by atoms with Crippen molar-refractivity contribution in [3.63, 3.8) is 0 Å². The Morgan fingerprint density at radius 2 is 1.92 bits per heavy atom. The van der Waals surface area contributed by atoms with Gasteiger partial charge >= 0.3 is 6.18 Å². The highest BCUT2D eigenvalue weighted by Crippen LogP contribution is 2.36. The number of hydrogen-bond donors (Lipinski definition) is 1. The number of aromatic nitrogens is 1. The Bertz CT molecular complexity index is 844. The van der Waals surface area contributed by atoms with Gasteiger partial charge in [0.15, 0.2) is 0 Å². The minimum Gasteiger partial charge on any atom is -0.332 e. The summed E-state index contributed by atoms with van der Waals surface area (Å²) < 4.78 is 38.5. The smallest absolute Gasteiger partial charge is 0.332 e. The molecular formula is C16H12Cl2F3N3O2. The number of benzene rings is 1. The Hall–Kier alpha value is -2.32. The predicted octanol–water partition coefficient (Wildman–Crippen LogP) is 4.12. The predicted molar refractivity (Wildman–Crippen MR) is 91.3 cm³/mol. The van der Waals surface area contributed by atoms with Crippen molar-refractivity contribution in [2.45, 2.75) is 6.18 Å². The molecule has 1 aromatic carbocycles. The van der Waals surface area contributed by atoms with E-state index in [1.54, 1.807) is 0 Å². The van der Waals surface area contributed by atoms with Crippen LogP contribution in [-0.2, 0) is 11.0 Å². The second-order valence-electron chi connectivity index (χ2n) is 5.24. The number of nitrogens with one attached hydrogen (secondary N) is 1. The molecule has 2 amide bonds. The van der Waals surface area contributed by atoms with E-state index in [-0.39, 0.29) is 16.4 Å². The fourth-order valence-corrected chi connectivity index (χ4v) is 2.48. The first-order valence-corrected chi connectivity index (χ1v) is 7.87. The van der Waals surface area contributed by atoms with E-state index in [0.717, 1.165) is 17.0 Å². The molecule has 0 saturated carbocycles. The van der Waals surface area contributed by atoms with Crippen LogP contribution in [0.4, 0.5) is 18.9 Å². The highest BCUT2D eigenvalue weighted by atomic mass is 35.5. The van der Waals surface area contributed by atoms with E-state index in [1.807, 2.05) is 0 Å². The Kier molecular flexibility index (Phi) is 6.09. The van der Waals surface area contributed by atoms with E-state index in [2.05, 4.69) is 10.3 Å². The van der Waals surface area contributed by atoms with E-state index in [9.17, 15) is 22.8 Å². The van der Waals surface area contributed by atoms with Crippen LogP contribution in [0.3, 0.4) is 0 Å². The maximum absolute atomic E-state index is 12.8. The van der Waals surface area contributed by atoms with Crippen LogP contribution in [0.5, 0.6) is 0 Å². The summed E-state index contributed by atoms with van der Waals surface area (Å²) in [5.41, 5.74) is -1.05. The van der Waals surface area contributed by atoms with Gasteiger partial charge in [-0.2, -0.15) is 13.2 Å². The molecule has 2 aromatic rings. The van der Waals surface area contributed by atoms with Gasteiger partial charge in [0.25, 0.3) is 5.91 Å². The van der Waals surface area contributed by atoms with E-state index in [4.69, 9.17) is 23.2 Å². The Morgan fingerprint density at radius 3 is 2.54 bits per heavy atom. The van der Waals surface area contributed by atoms with E-state index in [1.165, 1.54) is 31.4 Å². The molecule has 1 heterocycles. The first kappa shape index (κ1) is 20.0. The molecule has 10 heteroatoms. The van der Waals surface area contributed by atoms with Gasteiger partial charge in [-0.05, 0) is 30.3 Å². The van der Waals surface area contributed by atoms with Crippen molar-refractivity contribution in [3.05, 3.63) is 57.8 Å². The third-order valence-electron chi connectivity index (χ3n) is 3.27. The molecule has 0 radical (unpaired) electrons. The van der Waals surface area contributed by atoms with Gasteiger partial charge in [0.2, 0.25) is 5.91 Å². The highest BCUT2D eigenvalue weighted by Gasteiger charge is 2.33. The van der Waals surface area contributed by atoms with Gasteiger partial charge < -0.3 is 10.2 Å². The maximum Gasteiger partial charge on any atom is 0.417 e. The second-order valence-corrected chi connectivity index (χ2v) is 6.01. The summed E-state index contributed by atoms with van der Waals surface area (Å²) in [6.45, 7) is -0.395. The van der Waals surface area contributed by atoms with Crippen molar-refractivity contribution >= 4 is 40.7 Å². The molecule has 138 valence electrons. The van der Waals surface area contributed by atoms with Crippen LogP contribution in [0.1, 0.15) is 15.9 Å². The average molecular weight is 406 g/mol. The molecule has 1 N–H and O–H groups in total. The van der Waals surface area contributed by atoms with Crippen LogP contribution in [0, 0.1) is 0 Å². The molecule has 0 aliphatic carbocycles. The molecular weight excluding hydrogens is 394 g/mol. The second kappa shape index (κ2) is 7.92. The van der Waals surface area contributed by atoms with Gasteiger partial charge in [0.05, 0.1) is 22.7 Å². The zero-order valence-corrected chi connectivity index (χ0v) is 14.8. The van der Waals surface area contributed by atoms with Crippen molar-refractivity contribution in [3.8, 4) is 0 Å². The quantitative estimate of drug-likeness (QED) is 0.778. The number of pyridine rings is 1. The molecule has 0 atom stereocenters. The molecule has 0 saturated heterocycles. The fourth-order valence-electron chi connectivity index (χ4n) is 2.06.